The molecule has 16 nitrogen and oxygen atoms in total. The number of ether oxygens (including phenoxy) is 4. The number of benzene rings is 6. The minimum Gasteiger partial charge on any atom is -0.497 e. The second-order valence-electron chi connectivity index (χ2n) is 19.8. The Bertz CT molecular complexity index is 3820. The number of furan rings is 3. The lowest BCUT2D eigenvalue weighted by Gasteiger charge is -2.10. The summed E-state index contributed by atoms with van der Waals surface area (Å²) in [6, 6.07) is 52.8. The normalized spacial score (nSPS) is 16.2. The van der Waals surface area contributed by atoms with Gasteiger partial charge in [-0.15, -0.1) is 0 Å². The number of nitrogens with one attached hydrogen (secondary N) is 3. The second-order valence-corrected chi connectivity index (χ2v) is 23.2. The fraction of sp³-hybridized carbons (Fsp3) is 0.182. The quantitative estimate of drug-likeness (QED) is 0.0642. The van der Waals surface area contributed by atoms with E-state index in [1.807, 2.05) is 140 Å². The Balaban J connectivity index is 0.000000142. The van der Waals surface area contributed by atoms with Crippen LogP contribution in [0.15, 0.2) is 225 Å². The average molecular weight is 1200 g/mol. The molecule has 0 saturated carbocycles. The molecule has 0 radical (unpaired) electrons. The number of imide groups is 3. The molecule has 3 atom stereocenters. The third kappa shape index (κ3) is 15.7. The maximum absolute atomic E-state index is 11.9. The maximum Gasteiger partial charge on any atom is 0.237 e. The summed E-state index contributed by atoms with van der Waals surface area (Å²) in [6.07, 6.45) is 5.02. The Hall–Kier alpha value is -9.17. The monoisotopic (exact) mass is 1200 g/mol. The van der Waals surface area contributed by atoms with Gasteiger partial charge < -0.3 is 32.2 Å². The number of hydrogen-bond donors (Lipinski definition) is 3. The van der Waals surface area contributed by atoms with Crippen molar-refractivity contribution in [3.8, 4) is 23.0 Å². The summed E-state index contributed by atoms with van der Waals surface area (Å²) in [7, 11) is 1.64. The Morgan fingerprint density at radius 2 is 0.812 bits per heavy atom. The molecule has 9 aromatic rings. The Kier molecular flexibility index (Phi) is 19.4. The van der Waals surface area contributed by atoms with Crippen LogP contribution in [0, 0.1) is 13.8 Å². The van der Waals surface area contributed by atoms with Crippen molar-refractivity contribution in [3.05, 3.63) is 228 Å². The lowest BCUT2D eigenvalue weighted by Crippen LogP contribution is -2.21. The second kappa shape index (κ2) is 27.9. The number of aryl methyl sites for hydroxylation is 2. The van der Waals surface area contributed by atoms with Gasteiger partial charge in [0, 0.05) is 33.9 Å². The average Bonchev–Trinajstić information content (AvgIpc) is 4.61. The van der Waals surface area contributed by atoms with Gasteiger partial charge in [0.15, 0.2) is 0 Å². The minimum absolute atomic E-state index is 0.123. The predicted molar refractivity (Wildman–Crippen MR) is 318 cm³/mol. The fourth-order valence-corrected chi connectivity index (χ4v) is 12.0. The van der Waals surface area contributed by atoms with Crippen molar-refractivity contribution in [2.75, 3.05) is 7.11 Å². The molecule has 3 aliphatic heterocycles. The molecule has 12 rings (SSSR count). The highest BCUT2D eigenvalue weighted by molar-refractivity contribution is 8.00. The van der Waals surface area contributed by atoms with E-state index in [0.717, 1.165) is 69.1 Å². The molecule has 3 aromatic heterocycles. The third-order valence-electron chi connectivity index (χ3n) is 13.7. The van der Waals surface area contributed by atoms with Crippen molar-refractivity contribution in [1.29, 1.82) is 0 Å². The first kappa shape index (κ1) is 59.0. The standard InChI is InChI=1S/C22H19NO5S.2C22H19NO4S/c1-26-15-4-2-14(3-5-15)13-28-16-6-8-17(9-7-16)29-19-10-11-27-21(19)18-12-20(24)23-22(18)25;1-14-3-2-4-15(11-14)13-27-16-5-7-17(8-6-16)28-19-9-10-26-21(19)18-12-20(24)23-22(18)25;1-14-4-2-3-5-15(14)13-27-16-6-8-17(9-7-16)28-19-10-11-26-21(19)18-12-20(24)23-22(18)25/h2-11,18H,12-13H2,1H3,(H,23,24,25);2*2-11,18H,12-13H2,1H3,(H,23,24,25). The summed E-state index contributed by atoms with van der Waals surface area (Å²) in [5.74, 6) is 1.36. The lowest BCUT2D eigenvalue weighted by molar-refractivity contribution is -0.126. The predicted octanol–water partition coefficient (Wildman–Crippen LogP) is 13.0. The number of methoxy groups -OCH3 is 1. The largest absolute Gasteiger partial charge is 0.497 e. The molecule has 3 fully saturated rings. The van der Waals surface area contributed by atoms with Gasteiger partial charge in [-0.25, -0.2) is 0 Å². The van der Waals surface area contributed by atoms with Crippen molar-refractivity contribution >= 4 is 70.7 Å². The topological polar surface area (TPSA) is 215 Å². The van der Waals surface area contributed by atoms with Crippen LogP contribution in [0.4, 0.5) is 0 Å². The van der Waals surface area contributed by atoms with Gasteiger partial charge in [0.05, 0.1) is 40.6 Å². The first-order valence-electron chi connectivity index (χ1n) is 27.0. The van der Waals surface area contributed by atoms with E-state index in [2.05, 4.69) is 54.1 Å². The lowest BCUT2D eigenvalue weighted by atomic mass is 10.1. The van der Waals surface area contributed by atoms with E-state index in [1.165, 1.54) is 46.4 Å². The molecule has 85 heavy (non-hydrogen) atoms. The molecule has 19 heteroatoms. The highest BCUT2D eigenvalue weighted by Crippen LogP contribution is 2.41. The Morgan fingerprint density at radius 1 is 0.424 bits per heavy atom. The zero-order valence-electron chi connectivity index (χ0n) is 46.3. The maximum atomic E-state index is 11.9. The van der Waals surface area contributed by atoms with E-state index in [0.29, 0.717) is 37.1 Å². The molecule has 432 valence electrons. The van der Waals surface area contributed by atoms with Crippen LogP contribution < -0.4 is 34.9 Å². The highest BCUT2D eigenvalue weighted by Gasteiger charge is 2.38. The molecule has 6 aromatic carbocycles. The van der Waals surface area contributed by atoms with E-state index in [-0.39, 0.29) is 54.7 Å². The molecular weight excluding hydrogens is 1140 g/mol. The molecule has 6 heterocycles. The van der Waals surface area contributed by atoms with Crippen LogP contribution >= 0.6 is 35.3 Å². The Morgan fingerprint density at radius 3 is 1.19 bits per heavy atom. The molecular formula is C66H57N3O13S3. The molecule has 0 spiro atoms. The smallest absolute Gasteiger partial charge is 0.237 e. The van der Waals surface area contributed by atoms with Crippen LogP contribution in [0.3, 0.4) is 0 Å². The summed E-state index contributed by atoms with van der Waals surface area (Å²) in [6.45, 7) is 5.64. The van der Waals surface area contributed by atoms with Crippen LogP contribution in [0.5, 0.6) is 23.0 Å². The van der Waals surface area contributed by atoms with Crippen LogP contribution in [0.2, 0.25) is 0 Å². The van der Waals surface area contributed by atoms with Gasteiger partial charge in [-0.2, -0.15) is 0 Å². The molecule has 3 saturated heterocycles. The van der Waals surface area contributed by atoms with Gasteiger partial charge in [0.2, 0.25) is 35.4 Å². The van der Waals surface area contributed by atoms with E-state index in [1.54, 1.807) is 25.9 Å². The fourth-order valence-electron chi connectivity index (χ4n) is 9.22. The van der Waals surface area contributed by atoms with Crippen LogP contribution in [0.25, 0.3) is 0 Å². The SMILES string of the molecule is COc1ccc(COc2ccc(Sc3ccoc3C3CC(=O)NC3=O)cc2)cc1.Cc1cccc(COc2ccc(Sc3ccoc3C3CC(=O)NC3=O)cc2)c1.Cc1ccccc1COc1ccc(Sc2ccoc2C2CC(=O)NC2=O)cc1. The molecule has 6 amide bonds. The van der Waals surface area contributed by atoms with E-state index < -0.39 is 17.8 Å². The van der Waals surface area contributed by atoms with Gasteiger partial charge in [-0.3, -0.25) is 44.7 Å². The van der Waals surface area contributed by atoms with Crippen molar-refractivity contribution in [1.82, 2.24) is 16.0 Å². The van der Waals surface area contributed by atoms with Gasteiger partial charge in [0.1, 0.15) is 77.9 Å². The van der Waals surface area contributed by atoms with Crippen LogP contribution in [-0.4, -0.2) is 42.6 Å². The van der Waals surface area contributed by atoms with Gasteiger partial charge >= 0.3 is 0 Å². The van der Waals surface area contributed by atoms with E-state index in [9.17, 15) is 28.8 Å². The third-order valence-corrected chi connectivity index (χ3v) is 16.9. The highest BCUT2D eigenvalue weighted by atomic mass is 32.2. The minimum atomic E-state index is -0.563. The van der Waals surface area contributed by atoms with Gasteiger partial charge in [-0.1, -0.05) is 102 Å². The Labute approximate surface area is 502 Å². The molecule has 3 unspecified atom stereocenters. The van der Waals surface area contributed by atoms with Gasteiger partial charge in [-0.05, 0) is 139 Å². The van der Waals surface area contributed by atoms with Crippen molar-refractivity contribution < 1.29 is 61.0 Å². The first-order chi connectivity index (χ1) is 41.3. The summed E-state index contributed by atoms with van der Waals surface area (Å²) >= 11 is 4.48. The molecule has 3 aliphatic rings. The molecule has 0 bridgehead atoms. The van der Waals surface area contributed by atoms with Gasteiger partial charge in [0.25, 0.3) is 0 Å². The molecule has 0 aliphatic carbocycles. The number of hydrogen-bond acceptors (Lipinski definition) is 16. The van der Waals surface area contributed by atoms with Crippen LogP contribution in [0.1, 0.15) is 82.1 Å². The number of rotatable bonds is 19. The number of carbonyl (C=O) groups excluding carboxylic acids is 6. The zero-order chi connectivity index (χ0) is 59.2. The summed E-state index contributed by atoms with van der Waals surface area (Å²) < 4.78 is 39.2. The zero-order valence-corrected chi connectivity index (χ0v) is 48.8. The van der Waals surface area contributed by atoms with Crippen molar-refractivity contribution in [3.63, 3.8) is 0 Å². The van der Waals surface area contributed by atoms with Crippen molar-refractivity contribution in [2.45, 2.75) is 100 Å². The van der Waals surface area contributed by atoms with Crippen LogP contribution in [-0.2, 0) is 48.6 Å². The molecule has 3 N–H and O–H groups in total. The number of carbonyl (C=O) groups is 6. The first-order valence-corrected chi connectivity index (χ1v) is 29.4. The summed E-state index contributed by atoms with van der Waals surface area (Å²) in [5.41, 5.74) is 5.76. The van der Waals surface area contributed by atoms with E-state index in [4.69, 9.17) is 32.2 Å². The number of amides is 6. The summed E-state index contributed by atoms with van der Waals surface area (Å²) in [5, 5.41) is 6.96. The van der Waals surface area contributed by atoms with E-state index >= 15 is 0 Å². The summed E-state index contributed by atoms with van der Waals surface area (Å²) in [4.78, 5) is 75.6. The van der Waals surface area contributed by atoms with Crippen molar-refractivity contribution in [2.24, 2.45) is 0 Å².